The second kappa shape index (κ2) is 3.58. The molecular formula is C10H7BrN2O2. The molecule has 1 heterocycles. The topological polar surface area (TPSA) is 56.0 Å². The summed E-state index contributed by atoms with van der Waals surface area (Å²) in [6, 6.07) is 7.17. The summed E-state index contributed by atoms with van der Waals surface area (Å²) in [6.45, 7) is 1.94. The van der Waals surface area contributed by atoms with Crippen molar-refractivity contribution in [1.29, 1.82) is 0 Å². The minimum absolute atomic E-state index is 0.00639. The molecule has 0 radical (unpaired) electrons. The van der Waals surface area contributed by atoms with Crippen LogP contribution in [0.2, 0.25) is 0 Å². The third-order valence-electron chi connectivity index (χ3n) is 2.10. The molecule has 0 spiro atoms. The first kappa shape index (κ1) is 10.0. The molecule has 0 aliphatic rings. The second-order valence-electron chi connectivity index (χ2n) is 3.25. The first-order valence-electron chi connectivity index (χ1n) is 4.29. The molecule has 0 amide bonds. The molecule has 0 atom stereocenters. The summed E-state index contributed by atoms with van der Waals surface area (Å²) in [4.78, 5) is 14.4. The average Bonchev–Trinajstić information content (AvgIpc) is 2.17. The van der Waals surface area contributed by atoms with Crippen molar-refractivity contribution < 1.29 is 4.92 Å². The molecule has 15 heavy (non-hydrogen) atoms. The molecule has 1 aromatic heterocycles. The predicted molar refractivity (Wildman–Crippen MR) is 60.8 cm³/mol. The van der Waals surface area contributed by atoms with Gasteiger partial charge in [-0.05, 0) is 35.0 Å². The lowest BCUT2D eigenvalue weighted by Crippen LogP contribution is -1.92. The molecule has 0 fully saturated rings. The van der Waals surface area contributed by atoms with Crippen molar-refractivity contribution in [3.05, 3.63) is 44.5 Å². The van der Waals surface area contributed by atoms with Crippen LogP contribution in [0.1, 0.15) is 5.56 Å². The fraction of sp³-hybridized carbons (Fsp3) is 0.100. The van der Waals surface area contributed by atoms with Gasteiger partial charge in [-0.15, -0.1) is 0 Å². The summed E-state index contributed by atoms with van der Waals surface area (Å²) < 4.78 is 0.267. The number of nitrogens with zero attached hydrogens (tertiary/aromatic N) is 2. The third-order valence-corrected chi connectivity index (χ3v) is 2.69. The quantitative estimate of drug-likeness (QED) is 0.453. The molecule has 2 aromatic rings. The van der Waals surface area contributed by atoms with E-state index in [9.17, 15) is 10.1 Å². The lowest BCUT2D eigenvalue weighted by molar-refractivity contribution is -0.385. The van der Waals surface area contributed by atoms with Gasteiger partial charge in [0.15, 0.2) is 4.60 Å². The minimum atomic E-state index is -0.446. The second-order valence-corrected chi connectivity index (χ2v) is 4.00. The van der Waals surface area contributed by atoms with Crippen molar-refractivity contribution in [3.8, 4) is 0 Å². The maximum Gasteiger partial charge on any atom is 0.302 e. The van der Waals surface area contributed by atoms with Crippen LogP contribution in [0.15, 0.2) is 28.9 Å². The van der Waals surface area contributed by atoms with Crippen molar-refractivity contribution in [3.63, 3.8) is 0 Å². The molecule has 1 aromatic carbocycles. The van der Waals surface area contributed by atoms with E-state index in [0.29, 0.717) is 0 Å². The van der Waals surface area contributed by atoms with Gasteiger partial charge in [-0.25, -0.2) is 4.98 Å². The number of rotatable bonds is 1. The monoisotopic (exact) mass is 266 g/mol. The number of benzene rings is 1. The van der Waals surface area contributed by atoms with Gasteiger partial charge in [0.05, 0.1) is 10.4 Å². The number of fused-ring (bicyclic) bond motifs is 1. The maximum atomic E-state index is 10.7. The van der Waals surface area contributed by atoms with Gasteiger partial charge in [0.25, 0.3) is 0 Å². The standard InChI is InChI=1S/C10H7BrN2O2/c1-6-2-3-8-7(4-6)5-9(13(14)15)10(11)12-8/h2-5H,1H3. The molecule has 2 rings (SSSR count). The first-order chi connectivity index (χ1) is 7.08. The Hall–Kier alpha value is -1.49. The van der Waals surface area contributed by atoms with Gasteiger partial charge in [0.2, 0.25) is 0 Å². The molecule has 0 unspecified atom stereocenters. The van der Waals surface area contributed by atoms with Crippen molar-refractivity contribution in [2.45, 2.75) is 6.92 Å². The minimum Gasteiger partial charge on any atom is -0.258 e. The van der Waals surface area contributed by atoms with Crippen molar-refractivity contribution in [1.82, 2.24) is 4.98 Å². The van der Waals surface area contributed by atoms with E-state index >= 15 is 0 Å². The van der Waals surface area contributed by atoms with Gasteiger partial charge < -0.3 is 0 Å². The van der Waals surface area contributed by atoms with Gasteiger partial charge in [0, 0.05) is 11.5 Å². The smallest absolute Gasteiger partial charge is 0.258 e. The predicted octanol–water partition coefficient (Wildman–Crippen LogP) is 3.21. The summed E-state index contributed by atoms with van der Waals surface area (Å²) in [6.07, 6.45) is 0. The van der Waals surface area contributed by atoms with Crippen LogP contribution >= 0.6 is 15.9 Å². The highest BCUT2D eigenvalue weighted by Crippen LogP contribution is 2.27. The molecule has 76 valence electrons. The van der Waals surface area contributed by atoms with E-state index in [4.69, 9.17) is 0 Å². The molecule has 0 saturated heterocycles. The van der Waals surface area contributed by atoms with E-state index in [-0.39, 0.29) is 10.3 Å². The number of hydrogen-bond acceptors (Lipinski definition) is 3. The number of nitro groups is 1. The third kappa shape index (κ3) is 1.83. The van der Waals surface area contributed by atoms with Crippen LogP contribution < -0.4 is 0 Å². The van der Waals surface area contributed by atoms with Crippen molar-refractivity contribution in [2.75, 3.05) is 0 Å². The van der Waals surface area contributed by atoms with Crippen LogP contribution in [-0.2, 0) is 0 Å². The number of pyridine rings is 1. The van der Waals surface area contributed by atoms with Crippen molar-refractivity contribution in [2.24, 2.45) is 0 Å². The van der Waals surface area contributed by atoms with Gasteiger partial charge in [-0.2, -0.15) is 0 Å². The first-order valence-corrected chi connectivity index (χ1v) is 5.08. The summed E-state index contributed by atoms with van der Waals surface area (Å²) in [5.41, 5.74) is 1.80. The number of hydrogen-bond donors (Lipinski definition) is 0. The van der Waals surface area contributed by atoms with Crippen LogP contribution in [0, 0.1) is 17.0 Å². The summed E-state index contributed by atoms with van der Waals surface area (Å²) >= 11 is 3.08. The maximum absolute atomic E-state index is 10.7. The highest BCUT2D eigenvalue weighted by atomic mass is 79.9. The molecule has 5 heteroatoms. The molecular weight excluding hydrogens is 260 g/mol. The lowest BCUT2D eigenvalue weighted by atomic mass is 10.1. The fourth-order valence-electron chi connectivity index (χ4n) is 1.39. The van der Waals surface area contributed by atoms with E-state index < -0.39 is 4.92 Å². The largest absolute Gasteiger partial charge is 0.302 e. The lowest BCUT2D eigenvalue weighted by Gasteiger charge is -2.00. The van der Waals surface area contributed by atoms with Gasteiger partial charge in [-0.1, -0.05) is 11.6 Å². The Morgan fingerprint density at radius 3 is 2.80 bits per heavy atom. The van der Waals surface area contributed by atoms with Crippen LogP contribution in [0.25, 0.3) is 10.9 Å². The SMILES string of the molecule is Cc1ccc2nc(Br)c([N+](=O)[O-])cc2c1. The van der Waals surface area contributed by atoms with E-state index in [1.165, 1.54) is 6.07 Å². The van der Waals surface area contributed by atoms with E-state index in [2.05, 4.69) is 20.9 Å². The van der Waals surface area contributed by atoms with E-state index in [1.54, 1.807) is 0 Å². The Balaban J connectivity index is 2.77. The molecule has 0 N–H and O–H groups in total. The van der Waals surface area contributed by atoms with E-state index in [1.807, 2.05) is 25.1 Å². The van der Waals surface area contributed by atoms with Crippen molar-refractivity contribution >= 4 is 32.5 Å². The van der Waals surface area contributed by atoms with Gasteiger partial charge in [0.1, 0.15) is 0 Å². The summed E-state index contributed by atoms with van der Waals surface area (Å²) in [7, 11) is 0. The Labute approximate surface area is 94.2 Å². The van der Waals surface area contributed by atoms with Crippen LogP contribution in [0.5, 0.6) is 0 Å². The van der Waals surface area contributed by atoms with Crippen LogP contribution in [-0.4, -0.2) is 9.91 Å². The molecule has 0 bridgehead atoms. The zero-order chi connectivity index (χ0) is 11.0. The fourth-order valence-corrected chi connectivity index (χ4v) is 1.84. The molecule has 0 aliphatic carbocycles. The molecule has 0 aliphatic heterocycles. The van der Waals surface area contributed by atoms with Crippen LogP contribution in [0.3, 0.4) is 0 Å². The Morgan fingerprint density at radius 2 is 2.13 bits per heavy atom. The average molecular weight is 267 g/mol. The number of halogens is 1. The zero-order valence-corrected chi connectivity index (χ0v) is 9.48. The van der Waals surface area contributed by atoms with Crippen LogP contribution in [0.4, 0.5) is 5.69 Å². The number of aromatic nitrogens is 1. The Morgan fingerprint density at radius 1 is 1.40 bits per heavy atom. The zero-order valence-electron chi connectivity index (χ0n) is 7.90. The molecule has 0 saturated carbocycles. The van der Waals surface area contributed by atoms with Gasteiger partial charge in [-0.3, -0.25) is 10.1 Å². The summed E-state index contributed by atoms with van der Waals surface area (Å²) in [5.74, 6) is 0. The molecule has 4 nitrogen and oxygen atoms in total. The number of aryl methyl sites for hydroxylation is 1. The highest BCUT2D eigenvalue weighted by molar-refractivity contribution is 9.10. The summed E-state index contributed by atoms with van der Waals surface area (Å²) in [5, 5.41) is 11.5. The Bertz CT molecular complexity index is 554. The Kier molecular flexibility index (Phi) is 2.40. The highest BCUT2D eigenvalue weighted by Gasteiger charge is 2.14. The normalized spacial score (nSPS) is 10.5. The van der Waals surface area contributed by atoms with E-state index in [0.717, 1.165) is 16.5 Å². The van der Waals surface area contributed by atoms with Gasteiger partial charge >= 0.3 is 5.69 Å².